The van der Waals surface area contributed by atoms with Crippen molar-refractivity contribution in [3.63, 3.8) is 0 Å². The molecule has 0 saturated carbocycles. The lowest BCUT2D eigenvalue weighted by Gasteiger charge is -2.28. The lowest BCUT2D eigenvalue weighted by Crippen LogP contribution is -2.38. The van der Waals surface area contributed by atoms with Crippen LogP contribution in [0.25, 0.3) is 0 Å². The third kappa shape index (κ3) is 3.19. The molecule has 24 heavy (non-hydrogen) atoms. The highest BCUT2D eigenvalue weighted by atomic mass is 16.2. The summed E-state index contributed by atoms with van der Waals surface area (Å²) in [6.45, 7) is 8.00. The lowest BCUT2D eigenvalue weighted by molar-refractivity contribution is -0.135. The molecule has 2 aliphatic rings. The van der Waals surface area contributed by atoms with Gasteiger partial charge in [-0.15, -0.1) is 0 Å². The quantitative estimate of drug-likeness (QED) is 0.828. The van der Waals surface area contributed by atoms with Crippen LogP contribution in [0.1, 0.15) is 55.7 Å². The van der Waals surface area contributed by atoms with Gasteiger partial charge >= 0.3 is 0 Å². The average Bonchev–Trinajstić information content (AvgIpc) is 3.27. The van der Waals surface area contributed by atoms with E-state index in [9.17, 15) is 9.59 Å². The van der Waals surface area contributed by atoms with Crippen LogP contribution in [0.5, 0.6) is 0 Å². The van der Waals surface area contributed by atoms with Gasteiger partial charge in [0.05, 0.1) is 17.9 Å². The van der Waals surface area contributed by atoms with Gasteiger partial charge < -0.3 is 14.4 Å². The Hall–Kier alpha value is -1.85. The fraction of sp³-hybridized carbons (Fsp3) is 0.722. The Morgan fingerprint density at radius 3 is 2.71 bits per heavy atom. The third-order valence-corrected chi connectivity index (χ3v) is 5.22. The second-order valence-electron chi connectivity index (χ2n) is 6.85. The highest BCUT2D eigenvalue weighted by Crippen LogP contribution is 2.26. The van der Waals surface area contributed by atoms with E-state index in [0.29, 0.717) is 18.8 Å². The van der Waals surface area contributed by atoms with Crippen molar-refractivity contribution in [1.29, 1.82) is 0 Å². The van der Waals surface area contributed by atoms with Gasteiger partial charge in [-0.25, -0.2) is 4.98 Å². The first-order chi connectivity index (χ1) is 11.7. The van der Waals surface area contributed by atoms with E-state index in [1.54, 1.807) is 6.33 Å². The number of imidazole rings is 1. The minimum Gasteiger partial charge on any atom is -0.342 e. The molecule has 6 heteroatoms. The zero-order chi connectivity index (χ0) is 17.1. The summed E-state index contributed by atoms with van der Waals surface area (Å²) < 4.78 is 2.02. The SMILES string of the molecule is CCCN(CC)C(=O)c1ncn2c1CCC(C(=O)N1CCCC1)C2. The number of rotatable bonds is 5. The first-order valence-corrected chi connectivity index (χ1v) is 9.27. The van der Waals surface area contributed by atoms with Crippen molar-refractivity contribution >= 4 is 11.8 Å². The number of nitrogens with zero attached hydrogens (tertiary/aromatic N) is 4. The van der Waals surface area contributed by atoms with Crippen LogP contribution in [0, 0.1) is 5.92 Å². The van der Waals surface area contributed by atoms with E-state index in [1.165, 1.54) is 0 Å². The standard InChI is InChI=1S/C18H28N4O2/c1-3-9-20(4-2)18(24)16-15-8-7-14(12-22(15)13-19-16)17(23)21-10-5-6-11-21/h13-14H,3-12H2,1-2H3. The monoisotopic (exact) mass is 332 g/mol. The molecule has 0 radical (unpaired) electrons. The molecule has 0 bridgehead atoms. The summed E-state index contributed by atoms with van der Waals surface area (Å²) >= 11 is 0. The van der Waals surface area contributed by atoms with Gasteiger partial charge in [-0.05, 0) is 39.0 Å². The van der Waals surface area contributed by atoms with Crippen molar-refractivity contribution in [3.8, 4) is 0 Å². The molecule has 3 rings (SSSR count). The van der Waals surface area contributed by atoms with Gasteiger partial charge in [-0.3, -0.25) is 9.59 Å². The van der Waals surface area contributed by atoms with E-state index in [1.807, 2.05) is 21.3 Å². The number of fused-ring (bicyclic) bond motifs is 1. The Morgan fingerprint density at radius 2 is 2.04 bits per heavy atom. The van der Waals surface area contributed by atoms with Crippen LogP contribution in [-0.2, 0) is 17.8 Å². The van der Waals surface area contributed by atoms with Crippen molar-refractivity contribution in [2.24, 2.45) is 5.92 Å². The first kappa shape index (κ1) is 17.0. The molecule has 1 atom stereocenters. The van der Waals surface area contributed by atoms with Gasteiger partial charge in [0.2, 0.25) is 5.91 Å². The lowest BCUT2D eigenvalue weighted by atomic mass is 9.95. The molecule has 0 N–H and O–H groups in total. The van der Waals surface area contributed by atoms with Crippen LogP contribution in [-0.4, -0.2) is 57.3 Å². The van der Waals surface area contributed by atoms with E-state index >= 15 is 0 Å². The van der Waals surface area contributed by atoms with Gasteiger partial charge in [-0.1, -0.05) is 6.92 Å². The summed E-state index contributed by atoms with van der Waals surface area (Å²) in [6, 6.07) is 0. The predicted molar refractivity (Wildman–Crippen MR) is 91.7 cm³/mol. The van der Waals surface area contributed by atoms with Crippen molar-refractivity contribution in [2.45, 2.75) is 52.5 Å². The Labute approximate surface area is 143 Å². The maximum absolute atomic E-state index is 12.7. The van der Waals surface area contributed by atoms with Crippen molar-refractivity contribution < 1.29 is 9.59 Å². The number of amides is 2. The summed E-state index contributed by atoms with van der Waals surface area (Å²) in [6.07, 6.45) is 6.51. The van der Waals surface area contributed by atoms with E-state index in [-0.39, 0.29) is 17.7 Å². The molecule has 0 aromatic carbocycles. The number of hydrogen-bond acceptors (Lipinski definition) is 3. The normalized spacial score (nSPS) is 20.1. The molecule has 132 valence electrons. The minimum absolute atomic E-state index is 0.0254. The molecule has 1 aromatic heterocycles. The molecule has 3 heterocycles. The molecule has 2 aliphatic heterocycles. The summed E-state index contributed by atoms with van der Waals surface area (Å²) in [7, 11) is 0. The van der Waals surface area contributed by atoms with E-state index in [2.05, 4.69) is 11.9 Å². The second-order valence-corrected chi connectivity index (χ2v) is 6.85. The van der Waals surface area contributed by atoms with Crippen molar-refractivity contribution in [2.75, 3.05) is 26.2 Å². The van der Waals surface area contributed by atoms with Crippen molar-refractivity contribution in [1.82, 2.24) is 19.4 Å². The van der Waals surface area contributed by atoms with Gasteiger partial charge in [0.1, 0.15) is 5.69 Å². The summed E-state index contributed by atoms with van der Waals surface area (Å²) in [4.78, 5) is 33.5. The molecule has 2 amide bonds. The van der Waals surface area contributed by atoms with Gasteiger partial charge in [0, 0.05) is 32.7 Å². The van der Waals surface area contributed by atoms with Crippen molar-refractivity contribution in [3.05, 3.63) is 17.7 Å². The number of carbonyl (C=O) groups excluding carboxylic acids is 2. The number of hydrogen-bond donors (Lipinski definition) is 0. The van der Waals surface area contributed by atoms with E-state index in [0.717, 1.165) is 57.4 Å². The molecule has 1 saturated heterocycles. The highest BCUT2D eigenvalue weighted by Gasteiger charge is 2.32. The minimum atomic E-state index is 0.0254. The topological polar surface area (TPSA) is 58.4 Å². The van der Waals surface area contributed by atoms with E-state index in [4.69, 9.17) is 0 Å². The Morgan fingerprint density at radius 1 is 1.29 bits per heavy atom. The highest BCUT2D eigenvalue weighted by molar-refractivity contribution is 5.93. The summed E-state index contributed by atoms with van der Waals surface area (Å²) in [5.41, 5.74) is 1.58. The zero-order valence-corrected chi connectivity index (χ0v) is 14.8. The molecule has 1 aromatic rings. The maximum Gasteiger partial charge on any atom is 0.274 e. The maximum atomic E-state index is 12.7. The fourth-order valence-electron chi connectivity index (χ4n) is 3.87. The molecular weight excluding hydrogens is 304 g/mol. The van der Waals surface area contributed by atoms with Crippen LogP contribution < -0.4 is 0 Å². The third-order valence-electron chi connectivity index (χ3n) is 5.22. The smallest absolute Gasteiger partial charge is 0.274 e. The Balaban J connectivity index is 1.72. The molecule has 0 spiro atoms. The average molecular weight is 332 g/mol. The fourth-order valence-corrected chi connectivity index (χ4v) is 3.87. The number of carbonyl (C=O) groups is 2. The molecular formula is C18H28N4O2. The molecule has 1 unspecified atom stereocenters. The number of likely N-dealkylation sites (tertiary alicyclic amines) is 1. The van der Waals surface area contributed by atoms with Gasteiger partial charge in [0.25, 0.3) is 5.91 Å². The van der Waals surface area contributed by atoms with E-state index < -0.39 is 0 Å². The second kappa shape index (κ2) is 7.36. The van der Waals surface area contributed by atoms with Gasteiger partial charge in [0.15, 0.2) is 0 Å². The van der Waals surface area contributed by atoms with Crippen LogP contribution in [0.4, 0.5) is 0 Å². The van der Waals surface area contributed by atoms with Crippen LogP contribution in [0.3, 0.4) is 0 Å². The molecule has 6 nitrogen and oxygen atoms in total. The van der Waals surface area contributed by atoms with Crippen LogP contribution >= 0.6 is 0 Å². The summed E-state index contributed by atoms with van der Waals surface area (Å²) in [5, 5.41) is 0. The first-order valence-electron chi connectivity index (χ1n) is 9.27. The predicted octanol–water partition coefficient (Wildman–Crippen LogP) is 1.94. The van der Waals surface area contributed by atoms with Crippen LogP contribution in [0.15, 0.2) is 6.33 Å². The Bertz CT molecular complexity index is 604. The van der Waals surface area contributed by atoms with Gasteiger partial charge in [-0.2, -0.15) is 0 Å². The zero-order valence-electron chi connectivity index (χ0n) is 14.8. The summed E-state index contributed by atoms with van der Waals surface area (Å²) in [5.74, 6) is 0.337. The van der Waals surface area contributed by atoms with Crippen LogP contribution in [0.2, 0.25) is 0 Å². The number of aromatic nitrogens is 2. The molecule has 0 aliphatic carbocycles. The Kier molecular flexibility index (Phi) is 5.21. The largest absolute Gasteiger partial charge is 0.342 e. The molecule has 1 fully saturated rings.